The summed E-state index contributed by atoms with van der Waals surface area (Å²) in [5, 5.41) is 31.8. The first-order chi connectivity index (χ1) is 20.7. The number of nitrogens with zero attached hydrogens (tertiary/aromatic N) is 1. The first-order valence-corrected chi connectivity index (χ1v) is 12.7. The molecule has 0 aliphatic carbocycles. The Bertz CT molecular complexity index is 1590. The number of amides is 1. The molecule has 0 bridgehead atoms. The highest BCUT2D eigenvalue weighted by atomic mass is 17.1. The number of nitro groups is 1. The summed E-state index contributed by atoms with van der Waals surface area (Å²) in [6.45, 7) is 1.51. The van der Waals surface area contributed by atoms with Crippen LogP contribution in [0.2, 0.25) is 0 Å². The molecule has 0 saturated carbocycles. The third-order valence-corrected chi connectivity index (χ3v) is 6.11. The number of rotatable bonds is 14. The van der Waals surface area contributed by atoms with Gasteiger partial charge in [0.2, 0.25) is 6.79 Å². The number of benzene rings is 4. The quantitative estimate of drug-likeness (QED) is 0.0604. The van der Waals surface area contributed by atoms with E-state index in [1.807, 2.05) is 0 Å². The largest absolute Gasteiger partial charge is 0.478 e. The van der Waals surface area contributed by atoms with E-state index in [-0.39, 0.29) is 36.8 Å². The van der Waals surface area contributed by atoms with Crippen molar-refractivity contribution in [3.63, 3.8) is 0 Å². The van der Waals surface area contributed by atoms with Crippen LogP contribution in [0.1, 0.15) is 37.4 Å². The van der Waals surface area contributed by atoms with Gasteiger partial charge in [0.15, 0.2) is 0 Å². The molecule has 0 spiro atoms. The van der Waals surface area contributed by atoms with Crippen LogP contribution in [0.3, 0.4) is 0 Å². The number of hydrogen-bond donors (Lipinski definition) is 4. The van der Waals surface area contributed by atoms with Gasteiger partial charge in [0.1, 0.15) is 24.7 Å². The fraction of sp³-hybridized carbons (Fsp3) is 0.133. The highest BCUT2D eigenvalue weighted by Gasteiger charge is 2.17. The van der Waals surface area contributed by atoms with Crippen LogP contribution in [0.4, 0.5) is 17.1 Å². The molecule has 222 valence electrons. The Hall–Kier alpha value is -5.50. The number of aryl methyl sites for hydroxylation is 1. The number of hydrogen-bond acceptors (Lipinski definition) is 10. The average Bonchev–Trinajstić information content (AvgIpc) is 2.99. The Morgan fingerprint density at radius 2 is 1.47 bits per heavy atom. The fourth-order valence-corrected chi connectivity index (χ4v) is 3.92. The van der Waals surface area contributed by atoms with Crippen molar-refractivity contribution in [2.45, 2.75) is 20.1 Å². The third kappa shape index (κ3) is 8.50. The van der Waals surface area contributed by atoms with Gasteiger partial charge in [0, 0.05) is 17.8 Å². The summed E-state index contributed by atoms with van der Waals surface area (Å²) in [5.41, 5.74) is 5.45. The van der Waals surface area contributed by atoms with E-state index in [4.69, 9.17) is 19.6 Å². The summed E-state index contributed by atoms with van der Waals surface area (Å²) in [7, 11) is 0. The lowest BCUT2D eigenvalue weighted by Crippen LogP contribution is -2.16. The Kier molecular flexibility index (Phi) is 10.2. The molecule has 0 radical (unpaired) electrons. The van der Waals surface area contributed by atoms with Crippen LogP contribution in [0.15, 0.2) is 84.9 Å². The summed E-state index contributed by atoms with van der Waals surface area (Å²) in [6.07, 6.45) is 0. The molecule has 0 saturated heterocycles. The van der Waals surface area contributed by atoms with Crippen molar-refractivity contribution >= 4 is 28.9 Å². The SMILES string of the molecule is Cc1ccc(C(=O)O)c(C(=O)Nc2ccc(OCOc3ccc(NOCc4cc([N+](=O)[O-])ccc4COO)cc3)cc2)c1. The number of carboxylic acids is 1. The lowest BCUT2D eigenvalue weighted by molar-refractivity contribution is -0.385. The van der Waals surface area contributed by atoms with Crippen LogP contribution in [0, 0.1) is 17.0 Å². The zero-order valence-electron chi connectivity index (χ0n) is 22.8. The van der Waals surface area contributed by atoms with E-state index in [9.17, 15) is 24.8 Å². The molecule has 0 aliphatic rings. The highest BCUT2D eigenvalue weighted by molar-refractivity contribution is 6.10. The fourth-order valence-electron chi connectivity index (χ4n) is 3.92. The van der Waals surface area contributed by atoms with E-state index >= 15 is 0 Å². The summed E-state index contributed by atoms with van der Waals surface area (Å²) >= 11 is 0. The van der Waals surface area contributed by atoms with Crippen molar-refractivity contribution < 1.29 is 44.1 Å². The van der Waals surface area contributed by atoms with Crippen molar-refractivity contribution in [1.29, 1.82) is 0 Å². The maximum atomic E-state index is 12.7. The van der Waals surface area contributed by atoms with E-state index in [0.717, 1.165) is 5.56 Å². The molecule has 0 fully saturated rings. The minimum Gasteiger partial charge on any atom is -0.478 e. The lowest BCUT2D eigenvalue weighted by Gasteiger charge is -2.12. The number of aromatic carboxylic acids is 1. The van der Waals surface area contributed by atoms with Crippen LogP contribution in [-0.2, 0) is 22.9 Å². The predicted molar refractivity (Wildman–Crippen MR) is 154 cm³/mol. The van der Waals surface area contributed by atoms with Gasteiger partial charge in [-0.05, 0) is 84.8 Å². The summed E-state index contributed by atoms with van der Waals surface area (Å²) in [6, 6.07) is 22.0. The molecular formula is C30H27N3O10. The Morgan fingerprint density at radius 1 is 0.814 bits per heavy atom. The molecule has 1 amide bonds. The minimum atomic E-state index is -1.18. The summed E-state index contributed by atoms with van der Waals surface area (Å²) in [5.74, 6) is -0.719. The number of nitro benzene ring substituents is 1. The van der Waals surface area contributed by atoms with Crippen LogP contribution in [-0.4, -0.2) is 34.0 Å². The van der Waals surface area contributed by atoms with Crippen LogP contribution < -0.4 is 20.3 Å². The molecule has 13 nitrogen and oxygen atoms in total. The van der Waals surface area contributed by atoms with Crippen LogP contribution in [0.25, 0.3) is 0 Å². The van der Waals surface area contributed by atoms with Crippen molar-refractivity contribution in [2.24, 2.45) is 0 Å². The number of anilines is 2. The van der Waals surface area contributed by atoms with Gasteiger partial charge in [-0.3, -0.25) is 30.5 Å². The van der Waals surface area contributed by atoms with Gasteiger partial charge in [-0.1, -0.05) is 11.6 Å². The first-order valence-electron chi connectivity index (χ1n) is 12.7. The maximum Gasteiger partial charge on any atom is 0.336 e. The molecule has 4 rings (SSSR count). The van der Waals surface area contributed by atoms with Crippen molar-refractivity contribution in [1.82, 2.24) is 0 Å². The van der Waals surface area contributed by atoms with Crippen LogP contribution in [0.5, 0.6) is 11.5 Å². The number of carboxylic acid groups (broad SMARTS) is 1. The molecule has 0 unspecified atom stereocenters. The monoisotopic (exact) mass is 589 g/mol. The van der Waals surface area contributed by atoms with Crippen molar-refractivity contribution in [3.8, 4) is 11.5 Å². The second-order valence-electron chi connectivity index (χ2n) is 9.14. The van der Waals surface area contributed by atoms with Gasteiger partial charge in [0.25, 0.3) is 11.6 Å². The van der Waals surface area contributed by atoms with Gasteiger partial charge in [-0.2, -0.15) is 0 Å². The van der Waals surface area contributed by atoms with Gasteiger partial charge in [-0.25, -0.2) is 9.68 Å². The van der Waals surface area contributed by atoms with Crippen molar-refractivity contribution in [2.75, 3.05) is 17.6 Å². The number of carbonyl (C=O) groups is 2. The third-order valence-electron chi connectivity index (χ3n) is 6.11. The zero-order valence-corrected chi connectivity index (χ0v) is 22.8. The highest BCUT2D eigenvalue weighted by Crippen LogP contribution is 2.22. The molecular weight excluding hydrogens is 562 g/mol. The van der Waals surface area contributed by atoms with Crippen LogP contribution >= 0.6 is 0 Å². The molecule has 0 atom stereocenters. The van der Waals surface area contributed by atoms with Gasteiger partial charge in [0.05, 0.1) is 21.7 Å². The maximum absolute atomic E-state index is 12.7. The minimum absolute atomic E-state index is 0.0236. The zero-order chi connectivity index (χ0) is 30.8. The number of non-ortho nitro benzene ring substituents is 1. The predicted octanol–water partition coefficient (Wildman–Crippen LogP) is 5.80. The second-order valence-corrected chi connectivity index (χ2v) is 9.14. The first kappa shape index (κ1) is 30.5. The van der Waals surface area contributed by atoms with E-state index < -0.39 is 16.8 Å². The van der Waals surface area contributed by atoms with E-state index in [2.05, 4.69) is 15.7 Å². The van der Waals surface area contributed by atoms with Gasteiger partial charge < -0.3 is 19.9 Å². The van der Waals surface area contributed by atoms with E-state index in [1.165, 1.54) is 30.3 Å². The molecule has 43 heavy (non-hydrogen) atoms. The molecule has 0 aliphatic heterocycles. The standard InChI is InChI=1S/C30H27N3O10/c1-19-2-13-27(30(35)36)28(14-19)29(34)31-22-4-9-25(10-5-22)40-18-41-26-11-6-23(7-12-26)32-42-16-21-15-24(33(37)38)8-3-20(21)17-43-39/h2-15,32,39H,16-18H2,1H3,(H,31,34)(H,35,36). The Morgan fingerprint density at radius 3 is 2.07 bits per heavy atom. The van der Waals surface area contributed by atoms with Crippen molar-refractivity contribution in [3.05, 3.63) is 123 Å². The van der Waals surface area contributed by atoms with E-state index in [0.29, 0.717) is 34.0 Å². The number of carbonyl (C=O) groups excluding carboxylic acids is 1. The summed E-state index contributed by atoms with van der Waals surface area (Å²) < 4.78 is 11.2. The topological polar surface area (TPSA) is 179 Å². The number of nitrogens with one attached hydrogen (secondary N) is 2. The van der Waals surface area contributed by atoms with E-state index in [1.54, 1.807) is 61.5 Å². The Labute approximate surface area is 245 Å². The molecule has 4 aromatic rings. The Balaban J connectivity index is 1.23. The normalized spacial score (nSPS) is 10.6. The second kappa shape index (κ2) is 14.4. The number of ether oxygens (including phenoxy) is 2. The molecule has 0 aromatic heterocycles. The molecule has 13 heteroatoms. The lowest BCUT2D eigenvalue weighted by atomic mass is 10.0. The van der Waals surface area contributed by atoms with Gasteiger partial charge >= 0.3 is 5.97 Å². The molecule has 0 heterocycles. The average molecular weight is 590 g/mol. The molecule has 4 N–H and O–H groups in total. The smallest absolute Gasteiger partial charge is 0.336 e. The molecule has 4 aromatic carbocycles. The van der Waals surface area contributed by atoms with Gasteiger partial charge in [-0.15, -0.1) is 0 Å². The summed E-state index contributed by atoms with van der Waals surface area (Å²) in [4.78, 5) is 44.2.